The molecular weight excluding hydrogens is 755 g/mol. The van der Waals surface area contributed by atoms with E-state index < -0.39 is 0 Å². The topological polar surface area (TPSA) is 48.5 Å². The molecule has 0 aliphatic heterocycles. The Morgan fingerprint density at radius 2 is 0.629 bits per heavy atom. The number of rotatable bonds is 7. The molecule has 9 aromatic carbocycles. The van der Waals surface area contributed by atoms with E-state index >= 15 is 0 Å². The number of para-hydroxylation sites is 3. The lowest BCUT2D eigenvalue weighted by molar-refractivity contribution is 1.07. The van der Waals surface area contributed by atoms with Crippen molar-refractivity contribution >= 4 is 43.6 Å². The Kier molecular flexibility index (Phi) is 8.42. The third-order valence-electron chi connectivity index (χ3n) is 12.0. The largest absolute Gasteiger partial charge is 0.309 e. The van der Waals surface area contributed by atoms with Crippen LogP contribution in [0.2, 0.25) is 0 Å². The minimum absolute atomic E-state index is 0.640. The normalized spacial score (nSPS) is 11.5. The van der Waals surface area contributed by atoms with Gasteiger partial charge in [0.1, 0.15) is 0 Å². The SMILES string of the molecule is c1ccc(-c2nc(-c3ccccc3)nc(-c3ccc(-c4ccc5c6ccccc6n(-c6cccc(-c7ccc8c(c7)c7ccccc7n8-c7ccccc7)c6)c5c4)cc3)n2)cc1. The van der Waals surface area contributed by atoms with Crippen LogP contribution >= 0.6 is 0 Å². The Morgan fingerprint density at radius 1 is 0.226 bits per heavy atom. The fraction of sp³-hybridized carbons (Fsp3) is 0. The summed E-state index contributed by atoms with van der Waals surface area (Å²) in [6.45, 7) is 0. The van der Waals surface area contributed by atoms with Gasteiger partial charge < -0.3 is 9.13 Å². The van der Waals surface area contributed by atoms with Crippen molar-refractivity contribution in [1.82, 2.24) is 24.1 Å². The van der Waals surface area contributed by atoms with Crippen molar-refractivity contribution in [2.24, 2.45) is 0 Å². The summed E-state index contributed by atoms with van der Waals surface area (Å²) in [4.78, 5) is 14.8. The molecule has 5 heteroatoms. The molecule has 0 N–H and O–H groups in total. The Morgan fingerprint density at radius 3 is 1.27 bits per heavy atom. The monoisotopic (exact) mass is 791 g/mol. The van der Waals surface area contributed by atoms with E-state index in [2.05, 4.69) is 173 Å². The molecule has 3 aromatic heterocycles. The molecule has 0 atom stereocenters. The second-order valence-electron chi connectivity index (χ2n) is 15.7. The molecule has 5 nitrogen and oxygen atoms in total. The zero-order valence-electron chi connectivity index (χ0n) is 33.6. The van der Waals surface area contributed by atoms with Crippen molar-refractivity contribution < 1.29 is 0 Å². The highest BCUT2D eigenvalue weighted by molar-refractivity contribution is 6.11. The van der Waals surface area contributed by atoms with Gasteiger partial charge in [0.2, 0.25) is 0 Å². The van der Waals surface area contributed by atoms with Crippen LogP contribution in [-0.2, 0) is 0 Å². The van der Waals surface area contributed by atoms with Crippen molar-refractivity contribution in [3.8, 4) is 67.8 Å². The van der Waals surface area contributed by atoms with Crippen molar-refractivity contribution in [2.45, 2.75) is 0 Å². The summed E-state index contributed by atoms with van der Waals surface area (Å²) in [7, 11) is 0. The Hall–Kier alpha value is -8.41. The summed E-state index contributed by atoms with van der Waals surface area (Å²) in [6, 6.07) is 79.5. The van der Waals surface area contributed by atoms with Gasteiger partial charge in [-0.05, 0) is 76.9 Å². The summed E-state index contributed by atoms with van der Waals surface area (Å²) in [5.74, 6) is 1.94. The molecule has 0 spiro atoms. The first-order chi connectivity index (χ1) is 30.7. The molecule has 290 valence electrons. The van der Waals surface area contributed by atoms with Gasteiger partial charge in [0.25, 0.3) is 0 Å². The Bertz CT molecular complexity index is 3550. The van der Waals surface area contributed by atoms with Crippen molar-refractivity contribution in [3.05, 3.63) is 224 Å². The van der Waals surface area contributed by atoms with E-state index in [0.29, 0.717) is 17.5 Å². The molecule has 0 saturated heterocycles. The number of aromatic nitrogens is 5. The van der Waals surface area contributed by atoms with Gasteiger partial charge >= 0.3 is 0 Å². The Balaban J connectivity index is 0.939. The van der Waals surface area contributed by atoms with Crippen LogP contribution in [-0.4, -0.2) is 24.1 Å². The average Bonchev–Trinajstić information content (AvgIpc) is 3.87. The number of hydrogen-bond donors (Lipinski definition) is 0. The van der Waals surface area contributed by atoms with E-state index in [1.54, 1.807) is 0 Å². The van der Waals surface area contributed by atoms with Crippen LogP contribution in [0.25, 0.3) is 111 Å². The molecule has 0 unspecified atom stereocenters. The molecular formula is C57H37N5. The Labute approximate surface area is 358 Å². The standard InChI is InChI=1S/C57H37N5/c1-4-15-39(16-5-1)55-58-56(40-17-6-2-7-18-40)60-57(59-55)41-29-27-38(28-30-41)44-31-33-49-47-23-10-12-25-51(47)62(54(49)37-44)46-22-14-19-42(35-46)43-32-34-53-50(36-43)48-24-11-13-26-52(48)61(53)45-20-8-3-9-21-45/h1-37H. The second-order valence-corrected chi connectivity index (χ2v) is 15.7. The first-order valence-electron chi connectivity index (χ1n) is 20.9. The van der Waals surface area contributed by atoms with Crippen LogP contribution in [0.3, 0.4) is 0 Å². The van der Waals surface area contributed by atoms with E-state index in [9.17, 15) is 0 Å². The maximum atomic E-state index is 4.96. The summed E-state index contributed by atoms with van der Waals surface area (Å²) in [5, 5.41) is 4.93. The molecule has 0 amide bonds. The highest BCUT2D eigenvalue weighted by Crippen LogP contribution is 2.38. The number of benzene rings is 9. The predicted octanol–water partition coefficient (Wildman–Crippen LogP) is 14.4. The molecule has 12 rings (SSSR count). The predicted molar refractivity (Wildman–Crippen MR) is 256 cm³/mol. The fourth-order valence-corrected chi connectivity index (χ4v) is 9.01. The van der Waals surface area contributed by atoms with Gasteiger partial charge in [-0.1, -0.05) is 170 Å². The third-order valence-corrected chi connectivity index (χ3v) is 12.0. The van der Waals surface area contributed by atoms with Crippen LogP contribution in [0, 0.1) is 0 Å². The van der Waals surface area contributed by atoms with Crippen LogP contribution in [0.15, 0.2) is 224 Å². The van der Waals surface area contributed by atoms with Gasteiger partial charge in [-0.25, -0.2) is 15.0 Å². The van der Waals surface area contributed by atoms with Crippen LogP contribution in [0.5, 0.6) is 0 Å². The lowest BCUT2D eigenvalue weighted by atomic mass is 10.0. The molecule has 12 aromatic rings. The van der Waals surface area contributed by atoms with Crippen molar-refractivity contribution in [3.63, 3.8) is 0 Å². The lowest BCUT2D eigenvalue weighted by Crippen LogP contribution is -2.00. The smallest absolute Gasteiger partial charge is 0.164 e. The second kappa shape index (κ2) is 14.7. The minimum Gasteiger partial charge on any atom is -0.309 e. The maximum Gasteiger partial charge on any atom is 0.164 e. The highest BCUT2D eigenvalue weighted by atomic mass is 15.0. The van der Waals surface area contributed by atoms with Gasteiger partial charge in [-0.2, -0.15) is 0 Å². The van der Waals surface area contributed by atoms with Crippen LogP contribution < -0.4 is 0 Å². The van der Waals surface area contributed by atoms with Gasteiger partial charge in [0.15, 0.2) is 17.5 Å². The first kappa shape index (κ1) is 35.5. The first-order valence-corrected chi connectivity index (χ1v) is 20.9. The molecule has 0 fully saturated rings. The molecule has 0 aliphatic rings. The van der Waals surface area contributed by atoms with E-state index in [1.807, 2.05) is 60.7 Å². The summed E-state index contributed by atoms with van der Waals surface area (Å²) in [5.41, 5.74) is 14.4. The molecule has 62 heavy (non-hydrogen) atoms. The van der Waals surface area contributed by atoms with Crippen molar-refractivity contribution in [1.29, 1.82) is 0 Å². The van der Waals surface area contributed by atoms with Gasteiger partial charge in [-0.3, -0.25) is 0 Å². The number of nitrogens with zero attached hydrogens (tertiary/aromatic N) is 5. The molecule has 0 saturated carbocycles. The van der Waals surface area contributed by atoms with E-state index in [-0.39, 0.29) is 0 Å². The number of hydrogen-bond acceptors (Lipinski definition) is 3. The maximum absolute atomic E-state index is 4.96. The van der Waals surface area contributed by atoms with Crippen LogP contribution in [0.1, 0.15) is 0 Å². The van der Waals surface area contributed by atoms with E-state index in [0.717, 1.165) is 44.7 Å². The molecule has 0 bridgehead atoms. The van der Waals surface area contributed by atoms with E-state index in [4.69, 9.17) is 15.0 Å². The minimum atomic E-state index is 0.640. The quantitative estimate of drug-likeness (QED) is 0.162. The molecule has 0 aliphatic carbocycles. The summed E-state index contributed by atoms with van der Waals surface area (Å²) < 4.78 is 4.78. The average molecular weight is 792 g/mol. The molecule has 0 radical (unpaired) electrons. The van der Waals surface area contributed by atoms with E-state index in [1.165, 1.54) is 49.2 Å². The lowest BCUT2D eigenvalue weighted by Gasteiger charge is -2.12. The van der Waals surface area contributed by atoms with Gasteiger partial charge in [-0.15, -0.1) is 0 Å². The highest BCUT2D eigenvalue weighted by Gasteiger charge is 2.17. The third kappa shape index (κ3) is 6.06. The molecule has 3 heterocycles. The van der Waals surface area contributed by atoms with Gasteiger partial charge in [0, 0.05) is 49.6 Å². The summed E-state index contributed by atoms with van der Waals surface area (Å²) >= 11 is 0. The van der Waals surface area contributed by atoms with Gasteiger partial charge in [0.05, 0.1) is 22.1 Å². The fourth-order valence-electron chi connectivity index (χ4n) is 9.01. The summed E-state index contributed by atoms with van der Waals surface area (Å²) in [6.07, 6.45) is 0. The zero-order chi connectivity index (χ0) is 41.0. The van der Waals surface area contributed by atoms with Crippen molar-refractivity contribution in [2.75, 3.05) is 0 Å². The zero-order valence-corrected chi connectivity index (χ0v) is 33.6. The number of fused-ring (bicyclic) bond motifs is 6. The van der Waals surface area contributed by atoms with Crippen LogP contribution in [0.4, 0.5) is 0 Å².